The molecule has 1 amide bonds. The molecule has 0 unspecified atom stereocenters. The van der Waals surface area contributed by atoms with E-state index in [2.05, 4.69) is 10.3 Å². The molecule has 1 aromatic carbocycles. The van der Waals surface area contributed by atoms with Gasteiger partial charge in [-0.25, -0.2) is 4.72 Å². The van der Waals surface area contributed by atoms with Crippen LogP contribution in [-0.2, 0) is 10.2 Å². The van der Waals surface area contributed by atoms with Crippen molar-refractivity contribution in [2.75, 3.05) is 18.4 Å². The first kappa shape index (κ1) is 17.4. The molecule has 2 N–H and O–H groups in total. The van der Waals surface area contributed by atoms with Crippen LogP contribution in [0, 0.1) is 13.8 Å². The fourth-order valence-corrected chi connectivity index (χ4v) is 3.79. The molecule has 2 aromatic rings. The number of aromatic nitrogens is 1. The number of rotatable bonds is 5. The summed E-state index contributed by atoms with van der Waals surface area (Å²) in [7, 11) is -3.84. The number of nitrogens with one attached hydrogen (secondary N) is 2. The Bertz CT molecular complexity index is 885. The number of amides is 1. The third-order valence-corrected chi connectivity index (χ3v) is 5.49. The fraction of sp³-hybridized carbons (Fsp3) is 0.375. The van der Waals surface area contributed by atoms with E-state index >= 15 is 0 Å². The summed E-state index contributed by atoms with van der Waals surface area (Å²) in [6.45, 7) is 4.73. The topological polar surface area (TPSA) is 105 Å². The minimum Gasteiger partial charge on any atom is -0.431 e. The molecule has 3 rings (SSSR count). The molecule has 9 heteroatoms. The number of nitrogens with zero attached hydrogens (tertiary/aromatic N) is 2. The van der Waals surface area contributed by atoms with Crippen molar-refractivity contribution in [3.05, 3.63) is 41.3 Å². The molecule has 1 saturated heterocycles. The maximum atomic E-state index is 12.1. The molecule has 0 aliphatic carbocycles. The zero-order chi connectivity index (χ0) is 18.0. The number of anilines is 2. The molecule has 25 heavy (non-hydrogen) atoms. The number of oxazole rings is 1. The molecular formula is C16H20N4O4S. The molecule has 1 aliphatic heterocycles. The summed E-state index contributed by atoms with van der Waals surface area (Å²) >= 11 is 0. The van der Waals surface area contributed by atoms with Gasteiger partial charge in [0.1, 0.15) is 6.26 Å². The van der Waals surface area contributed by atoms with E-state index in [1.807, 2.05) is 36.8 Å². The zero-order valence-electron chi connectivity index (χ0n) is 14.1. The Labute approximate surface area is 146 Å². The van der Waals surface area contributed by atoms with Gasteiger partial charge in [0.05, 0.1) is 0 Å². The van der Waals surface area contributed by atoms with Gasteiger partial charge in [0.2, 0.25) is 0 Å². The first-order valence-electron chi connectivity index (χ1n) is 7.97. The largest absolute Gasteiger partial charge is 0.431 e. The number of benzene rings is 1. The molecular weight excluding hydrogens is 344 g/mol. The first-order chi connectivity index (χ1) is 11.8. The van der Waals surface area contributed by atoms with Crippen LogP contribution in [0.1, 0.15) is 34.5 Å². The second kappa shape index (κ2) is 6.85. The summed E-state index contributed by atoms with van der Waals surface area (Å²) in [5.74, 6) is -0.815. The van der Waals surface area contributed by atoms with Gasteiger partial charge in [-0.15, -0.1) is 0 Å². The summed E-state index contributed by atoms with van der Waals surface area (Å²) in [5.41, 5.74) is 2.76. The van der Waals surface area contributed by atoms with Crippen molar-refractivity contribution in [3.63, 3.8) is 0 Å². The number of hydrogen-bond acceptors (Lipinski definition) is 6. The smallest absolute Gasteiger partial charge is 0.304 e. The van der Waals surface area contributed by atoms with Crippen LogP contribution in [0.4, 0.5) is 11.7 Å². The van der Waals surface area contributed by atoms with Gasteiger partial charge in [0, 0.05) is 18.8 Å². The predicted molar refractivity (Wildman–Crippen MR) is 92.9 cm³/mol. The van der Waals surface area contributed by atoms with Gasteiger partial charge in [0.25, 0.3) is 11.9 Å². The van der Waals surface area contributed by atoms with E-state index in [-0.39, 0.29) is 11.7 Å². The average molecular weight is 364 g/mol. The normalized spacial score (nSPS) is 15.3. The second-order valence-corrected chi connectivity index (χ2v) is 7.69. The van der Waals surface area contributed by atoms with Crippen molar-refractivity contribution < 1.29 is 17.6 Å². The lowest BCUT2D eigenvalue weighted by Crippen LogP contribution is -2.42. The van der Waals surface area contributed by atoms with E-state index in [0.717, 1.165) is 35.9 Å². The van der Waals surface area contributed by atoms with Gasteiger partial charge in [-0.1, -0.05) is 12.1 Å². The van der Waals surface area contributed by atoms with E-state index in [1.165, 1.54) is 4.31 Å². The van der Waals surface area contributed by atoms with E-state index in [4.69, 9.17) is 4.42 Å². The van der Waals surface area contributed by atoms with Crippen molar-refractivity contribution in [1.29, 1.82) is 0 Å². The van der Waals surface area contributed by atoms with Crippen LogP contribution < -0.4 is 10.0 Å². The summed E-state index contributed by atoms with van der Waals surface area (Å²) < 4.78 is 32.7. The lowest BCUT2D eigenvalue weighted by Gasteiger charge is -2.14. The highest BCUT2D eigenvalue weighted by Crippen LogP contribution is 2.21. The van der Waals surface area contributed by atoms with E-state index in [0.29, 0.717) is 13.1 Å². The van der Waals surface area contributed by atoms with Crippen molar-refractivity contribution in [3.8, 4) is 0 Å². The van der Waals surface area contributed by atoms with Crippen LogP contribution in [-0.4, -0.2) is 36.7 Å². The Hall–Kier alpha value is -2.39. The Kier molecular flexibility index (Phi) is 4.78. The van der Waals surface area contributed by atoms with Gasteiger partial charge in [-0.05, 0) is 43.9 Å². The monoisotopic (exact) mass is 364 g/mol. The van der Waals surface area contributed by atoms with Gasteiger partial charge < -0.3 is 9.73 Å². The summed E-state index contributed by atoms with van der Waals surface area (Å²) in [6.07, 6.45) is 2.72. The van der Waals surface area contributed by atoms with Crippen LogP contribution in [0.2, 0.25) is 0 Å². The van der Waals surface area contributed by atoms with Crippen LogP contribution >= 0.6 is 0 Å². The number of aryl methyl sites for hydroxylation is 2. The number of hydrogen-bond donors (Lipinski definition) is 2. The predicted octanol–water partition coefficient (Wildman–Crippen LogP) is 2.11. The molecule has 8 nitrogen and oxygen atoms in total. The van der Waals surface area contributed by atoms with Gasteiger partial charge in [0.15, 0.2) is 5.69 Å². The third-order valence-electron chi connectivity index (χ3n) is 4.00. The SMILES string of the molecule is Cc1ccc(C)c(Nc2nc(C(=O)NS(=O)(=O)N3CCCC3)co2)c1. The third kappa shape index (κ3) is 3.99. The first-order valence-corrected chi connectivity index (χ1v) is 9.41. The summed E-state index contributed by atoms with van der Waals surface area (Å²) in [5, 5.41) is 2.99. The standard InChI is InChI=1S/C16H20N4O4S/c1-11-5-6-12(2)13(9-11)17-16-18-14(10-24-16)15(21)19-25(22,23)20-7-3-4-8-20/h5-6,9-10H,3-4,7-8H2,1-2H3,(H,17,18)(H,19,21). The van der Waals surface area contributed by atoms with E-state index < -0.39 is 16.1 Å². The van der Waals surface area contributed by atoms with Crippen molar-refractivity contribution in [1.82, 2.24) is 14.0 Å². The maximum Gasteiger partial charge on any atom is 0.304 e. The quantitative estimate of drug-likeness (QED) is 0.842. The van der Waals surface area contributed by atoms with Crippen LogP contribution in [0.3, 0.4) is 0 Å². The van der Waals surface area contributed by atoms with Crippen LogP contribution in [0.25, 0.3) is 0 Å². The average Bonchev–Trinajstić information content (AvgIpc) is 3.22. The molecule has 0 spiro atoms. The Morgan fingerprint density at radius 3 is 2.68 bits per heavy atom. The highest BCUT2D eigenvalue weighted by atomic mass is 32.2. The molecule has 134 valence electrons. The van der Waals surface area contributed by atoms with Gasteiger partial charge >= 0.3 is 10.2 Å². The molecule has 2 heterocycles. The lowest BCUT2D eigenvalue weighted by molar-refractivity contribution is 0.0974. The lowest BCUT2D eigenvalue weighted by atomic mass is 10.1. The molecule has 0 bridgehead atoms. The zero-order valence-corrected chi connectivity index (χ0v) is 14.9. The highest BCUT2D eigenvalue weighted by molar-refractivity contribution is 7.87. The Morgan fingerprint density at radius 2 is 1.96 bits per heavy atom. The van der Waals surface area contributed by atoms with E-state index in [9.17, 15) is 13.2 Å². The second-order valence-electron chi connectivity index (χ2n) is 6.02. The Balaban J connectivity index is 1.70. The van der Waals surface area contributed by atoms with Crippen molar-refractivity contribution in [2.45, 2.75) is 26.7 Å². The molecule has 1 fully saturated rings. The van der Waals surface area contributed by atoms with Crippen molar-refractivity contribution >= 4 is 27.8 Å². The number of carbonyl (C=O) groups is 1. The summed E-state index contributed by atoms with van der Waals surface area (Å²) in [6, 6.07) is 5.99. The summed E-state index contributed by atoms with van der Waals surface area (Å²) in [4.78, 5) is 16.2. The molecule has 0 radical (unpaired) electrons. The van der Waals surface area contributed by atoms with Gasteiger partial charge in [-0.3, -0.25) is 4.79 Å². The molecule has 0 saturated carbocycles. The fourth-order valence-electron chi connectivity index (χ4n) is 2.58. The minimum atomic E-state index is -3.84. The Morgan fingerprint density at radius 1 is 1.24 bits per heavy atom. The van der Waals surface area contributed by atoms with Crippen LogP contribution in [0.15, 0.2) is 28.9 Å². The van der Waals surface area contributed by atoms with E-state index in [1.54, 1.807) is 0 Å². The minimum absolute atomic E-state index is 0.101. The van der Waals surface area contributed by atoms with Crippen molar-refractivity contribution in [2.24, 2.45) is 0 Å². The van der Waals surface area contributed by atoms with Gasteiger partial charge in [-0.2, -0.15) is 17.7 Å². The molecule has 0 atom stereocenters. The van der Waals surface area contributed by atoms with Crippen LogP contribution in [0.5, 0.6) is 0 Å². The molecule has 1 aromatic heterocycles. The number of carbonyl (C=O) groups excluding carboxylic acids is 1. The highest BCUT2D eigenvalue weighted by Gasteiger charge is 2.28. The maximum absolute atomic E-state index is 12.1. The molecule has 1 aliphatic rings.